The van der Waals surface area contributed by atoms with E-state index in [2.05, 4.69) is 9.97 Å². The average Bonchev–Trinajstić information content (AvgIpc) is 2.42. The van der Waals surface area contributed by atoms with E-state index in [-0.39, 0.29) is 11.4 Å². The lowest BCUT2D eigenvalue weighted by Crippen LogP contribution is -2.09. The Hall–Kier alpha value is -2.09. The van der Waals surface area contributed by atoms with Crippen molar-refractivity contribution in [1.82, 2.24) is 9.97 Å². The summed E-state index contributed by atoms with van der Waals surface area (Å²) in [5.41, 5.74) is 5.02. The Labute approximate surface area is 130 Å². The summed E-state index contributed by atoms with van der Waals surface area (Å²) in [4.78, 5) is 6.90. The summed E-state index contributed by atoms with van der Waals surface area (Å²) >= 11 is 1.85. The summed E-state index contributed by atoms with van der Waals surface area (Å²) in [6.07, 6.45) is -3.65. The minimum absolute atomic E-state index is 0.105. The molecule has 0 saturated carbocycles. The van der Waals surface area contributed by atoms with Crippen molar-refractivity contribution in [3.63, 3.8) is 0 Å². The van der Waals surface area contributed by atoms with Gasteiger partial charge in [0.2, 0.25) is 0 Å². The standard InChI is InChI=1S/C12H6F3IN4O/c13-12(14,15)9-1-2-19-11(20-9)21-10-7(16)3-6(5-17)4-8(10)18/h1-4H,18H2. The Bertz CT molecular complexity index is 704. The predicted octanol–water partition coefficient (Wildman–Crippen LogP) is 3.35. The minimum atomic E-state index is -4.59. The summed E-state index contributed by atoms with van der Waals surface area (Å²) in [6.45, 7) is 0. The molecule has 108 valence electrons. The predicted molar refractivity (Wildman–Crippen MR) is 75.4 cm³/mol. The number of anilines is 1. The van der Waals surface area contributed by atoms with E-state index in [9.17, 15) is 13.2 Å². The fourth-order valence-corrected chi connectivity index (χ4v) is 2.18. The second-order valence-electron chi connectivity index (χ2n) is 3.81. The summed E-state index contributed by atoms with van der Waals surface area (Å²) in [7, 11) is 0. The molecule has 9 heteroatoms. The fourth-order valence-electron chi connectivity index (χ4n) is 1.43. The van der Waals surface area contributed by atoms with Crippen LogP contribution in [0.4, 0.5) is 18.9 Å². The number of hydrogen-bond acceptors (Lipinski definition) is 5. The summed E-state index contributed by atoms with van der Waals surface area (Å²) in [6, 6.07) is 5.01. The zero-order valence-corrected chi connectivity index (χ0v) is 12.3. The summed E-state index contributed by atoms with van der Waals surface area (Å²) in [5.74, 6) is 0.105. The highest BCUT2D eigenvalue weighted by Gasteiger charge is 2.33. The van der Waals surface area contributed by atoms with Gasteiger partial charge in [0.1, 0.15) is 0 Å². The highest BCUT2D eigenvalue weighted by molar-refractivity contribution is 14.1. The van der Waals surface area contributed by atoms with Crippen LogP contribution >= 0.6 is 22.6 Å². The third-order valence-electron chi connectivity index (χ3n) is 2.32. The van der Waals surface area contributed by atoms with Gasteiger partial charge in [0, 0.05) is 6.20 Å². The Kier molecular flexibility index (Phi) is 4.17. The zero-order chi connectivity index (χ0) is 15.6. The van der Waals surface area contributed by atoms with Gasteiger partial charge in [0.25, 0.3) is 0 Å². The molecule has 0 bridgehead atoms. The Balaban J connectivity index is 2.38. The lowest BCUT2D eigenvalue weighted by atomic mass is 10.2. The van der Waals surface area contributed by atoms with Crippen LogP contribution in [0.1, 0.15) is 11.3 Å². The van der Waals surface area contributed by atoms with E-state index in [0.717, 1.165) is 12.3 Å². The zero-order valence-electron chi connectivity index (χ0n) is 10.1. The van der Waals surface area contributed by atoms with Crippen molar-refractivity contribution in [3.05, 3.63) is 39.2 Å². The molecule has 0 aliphatic heterocycles. The number of nitrogens with zero attached hydrogens (tertiary/aromatic N) is 3. The van der Waals surface area contributed by atoms with E-state index in [0.29, 0.717) is 9.13 Å². The molecule has 2 N–H and O–H groups in total. The number of hydrogen-bond donors (Lipinski definition) is 1. The maximum Gasteiger partial charge on any atom is 0.433 e. The molecule has 0 aliphatic carbocycles. The second-order valence-corrected chi connectivity index (χ2v) is 4.97. The Morgan fingerprint density at radius 3 is 2.62 bits per heavy atom. The Morgan fingerprint density at radius 2 is 2.05 bits per heavy atom. The molecule has 0 atom stereocenters. The van der Waals surface area contributed by atoms with Crippen molar-refractivity contribution in [3.8, 4) is 17.8 Å². The first kappa shape index (κ1) is 15.3. The van der Waals surface area contributed by atoms with Crippen molar-refractivity contribution in [2.24, 2.45) is 0 Å². The molecule has 0 spiro atoms. The van der Waals surface area contributed by atoms with Crippen LogP contribution < -0.4 is 10.5 Å². The first-order valence-electron chi connectivity index (χ1n) is 5.38. The van der Waals surface area contributed by atoms with Crippen molar-refractivity contribution < 1.29 is 17.9 Å². The first-order chi connectivity index (χ1) is 9.81. The molecule has 0 saturated heterocycles. The van der Waals surface area contributed by atoms with Crippen molar-refractivity contribution in [2.45, 2.75) is 6.18 Å². The summed E-state index contributed by atoms with van der Waals surface area (Å²) < 4.78 is 43.3. The number of nitriles is 1. The van der Waals surface area contributed by atoms with Crippen molar-refractivity contribution in [1.29, 1.82) is 5.26 Å². The molecule has 2 rings (SSSR count). The second kappa shape index (κ2) is 5.72. The molecule has 0 amide bonds. The fraction of sp³-hybridized carbons (Fsp3) is 0.0833. The molecule has 1 aromatic heterocycles. The lowest BCUT2D eigenvalue weighted by molar-refractivity contribution is -0.141. The van der Waals surface area contributed by atoms with Gasteiger partial charge in [-0.2, -0.15) is 23.4 Å². The molecule has 5 nitrogen and oxygen atoms in total. The molecule has 0 fully saturated rings. The van der Waals surface area contributed by atoms with E-state index in [1.54, 1.807) is 0 Å². The highest BCUT2D eigenvalue weighted by Crippen LogP contribution is 2.33. The molecule has 1 aromatic carbocycles. The number of aromatic nitrogens is 2. The molecule has 21 heavy (non-hydrogen) atoms. The van der Waals surface area contributed by atoms with Crippen LogP contribution in [0, 0.1) is 14.9 Å². The average molecular weight is 406 g/mol. The van der Waals surface area contributed by atoms with Gasteiger partial charge in [0.15, 0.2) is 11.4 Å². The Morgan fingerprint density at radius 1 is 1.33 bits per heavy atom. The van der Waals surface area contributed by atoms with Gasteiger partial charge in [0.05, 0.1) is 20.9 Å². The minimum Gasteiger partial charge on any atom is -0.421 e. The van der Waals surface area contributed by atoms with E-state index in [4.69, 9.17) is 15.7 Å². The van der Waals surface area contributed by atoms with Crippen molar-refractivity contribution in [2.75, 3.05) is 5.73 Å². The van der Waals surface area contributed by atoms with E-state index in [1.807, 2.05) is 28.7 Å². The third kappa shape index (κ3) is 3.52. The molecular weight excluding hydrogens is 400 g/mol. The number of halogens is 4. The SMILES string of the molecule is N#Cc1cc(N)c(Oc2nccc(C(F)(F)F)n2)c(I)c1. The van der Waals surface area contributed by atoms with Crippen LogP contribution in [0.15, 0.2) is 24.4 Å². The van der Waals surface area contributed by atoms with Crippen LogP contribution in [0.3, 0.4) is 0 Å². The third-order valence-corrected chi connectivity index (χ3v) is 3.12. The summed E-state index contributed by atoms with van der Waals surface area (Å²) in [5, 5.41) is 8.79. The molecule has 0 aliphatic rings. The number of nitrogens with two attached hydrogens (primary N) is 1. The molecule has 1 heterocycles. The lowest BCUT2D eigenvalue weighted by Gasteiger charge is -2.11. The van der Waals surface area contributed by atoms with Crippen LogP contribution in [0.25, 0.3) is 0 Å². The van der Waals surface area contributed by atoms with Crippen molar-refractivity contribution >= 4 is 28.3 Å². The van der Waals surface area contributed by atoms with Gasteiger partial charge < -0.3 is 10.5 Å². The largest absolute Gasteiger partial charge is 0.433 e. The smallest absolute Gasteiger partial charge is 0.421 e. The number of ether oxygens (including phenoxy) is 1. The monoisotopic (exact) mass is 406 g/mol. The van der Waals surface area contributed by atoms with Gasteiger partial charge in [-0.05, 0) is 40.8 Å². The number of rotatable bonds is 2. The van der Waals surface area contributed by atoms with Gasteiger partial charge in [-0.15, -0.1) is 0 Å². The molecule has 2 aromatic rings. The molecule has 0 radical (unpaired) electrons. The van der Waals surface area contributed by atoms with Crippen LogP contribution in [-0.2, 0) is 6.18 Å². The number of nitrogen functional groups attached to an aromatic ring is 1. The van der Waals surface area contributed by atoms with E-state index in [1.165, 1.54) is 12.1 Å². The quantitative estimate of drug-likeness (QED) is 0.611. The number of alkyl halides is 3. The maximum absolute atomic E-state index is 12.6. The molecule has 0 unspecified atom stereocenters. The van der Waals surface area contributed by atoms with Gasteiger partial charge in [-0.25, -0.2) is 4.98 Å². The topological polar surface area (TPSA) is 84.8 Å². The van der Waals surface area contributed by atoms with Crippen LogP contribution in [0.5, 0.6) is 11.8 Å². The van der Waals surface area contributed by atoms with Gasteiger partial charge in [-0.1, -0.05) is 0 Å². The normalized spacial score (nSPS) is 11.0. The highest BCUT2D eigenvalue weighted by atomic mass is 127. The number of benzene rings is 1. The van der Waals surface area contributed by atoms with Gasteiger partial charge in [-0.3, -0.25) is 0 Å². The molecular formula is C12H6F3IN4O. The van der Waals surface area contributed by atoms with Crippen LogP contribution in [-0.4, -0.2) is 9.97 Å². The van der Waals surface area contributed by atoms with E-state index >= 15 is 0 Å². The maximum atomic E-state index is 12.6. The van der Waals surface area contributed by atoms with Crippen LogP contribution in [0.2, 0.25) is 0 Å². The van der Waals surface area contributed by atoms with E-state index < -0.39 is 17.9 Å². The van der Waals surface area contributed by atoms with Gasteiger partial charge >= 0.3 is 12.2 Å². The first-order valence-corrected chi connectivity index (χ1v) is 6.46.